The first-order valence-corrected chi connectivity index (χ1v) is 11.4. The van der Waals surface area contributed by atoms with Crippen LogP contribution in [0.25, 0.3) is 0 Å². The number of aromatic nitrogens is 1. The van der Waals surface area contributed by atoms with Crippen molar-refractivity contribution in [1.82, 2.24) is 4.98 Å². The van der Waals surface area contributed by atoms with Gasteiger partial charge in [-0.3, -0.25) is 4.99 Å². The first kappa shape index (κ1) is 28.0. The summed E-state index contributed by atoms with van der Waals surface area (Å²) in [7, 11) is 0. The highest BCUT2D eigenvalue weighted by Gasteiger charge is 2.08. The minimum Gasteiger partial charge on any atom is -0.446 e. The molecule has 1 aromatic heterocycles. The third-order valence-corrected chi connectivity index (χ3v) is 4.44. The number of rotatable bonds is 11. The van der Waals surface area contributed by atoms with Crippen molar-refractivity contribution in [2.24, 2.45) is 4.99 Å². The van der Waals surface area contributed by atoms with E-state index in [1.54, 1.807) is 6.92 Å². The lowest BCUT2D eigenvalue weighted by Gasteiger charge is -1.98. The molecule has 0 amide bonds. The third kappa shape index (κ3) is 16.9. The molecule has 0 N–H and O–H groups in total. The molecular weight excluding hydrogens is 376 g/mol. The molecule has 1 aromatic rings. The number of aryl methyl sites for hydroxylation is 2. The summed E-state index contributed by atoms with van der Waals surface area (Å²) in [6.45, 7) is 11.1. The molecule has 1 aliphatic rings. The lowest BCUT2D eigenvalue weighted by molar-refractivity contribution is -0.117. The summed E-state index contributed by atoms with van der Waals surface area (Å²) in [5.41, 5.74) is 2.58. The zero-order valence-corrected chi connectivity index (χ0v) is 20.1. The molecule has 0 saturated carbocycles. The van der Waals surface area contributed by atoms with Crippen molar-refractivity contribution in [2.45, 2.75) is 112 Å². The van der Waals surface area contributed by atoms with Crippen molar-refractivity contribution in [3.05, 3.63) is 29.6 Å². The normalized spacial score (nSPS) is 12.2. The van der Waals surface area contributed by atoms with Gasteiger partial charge in [-0.05, 0) is 46.1 Å². The zero-order chi connectivity index (χ0) is 22.8. The third-order valence-electron chi connectivity index (χ3n) is 4.44. The highest BCUT2D eigenvalue weighted by Crippen LogP contribution is 2.18. The highest BCUT2D eigenvalue weighted by molar-refractivity contribution is 5.86. The molecule has 2 heterocycles. The average molecular weight is 419 g/mol. The molecule has 0 fully saturated rings. The number of unbranched alkanes of at least 4 members (excludes halogenated alkanes) is 5. The van der Waals surface area contributed by atoms with Crippen LogP contribution in [0.15, 0.2) is 27.4 Å². The van der Waals surface area contributed by atoms with Gasteiger partial charge in [0.2, 0.25) is 0 Å². The Hall–Kier alpha value is -2.04. The quantitative estimate of drug-likeness (QED) is 0.369. The molecule has 1 aliphatic heterocycles. The molecule has 5 nitrogen and oxygen atoms in total. The van der Waals surface area contributed by atoms with Crippen LogP contribution in [0, 0.1) is 0 Å². The molecule has 0 spiro atoms. The van der Waals surface area contributed by atoms with Crippen LogP contribution in [0.1, 0.15) is 111 Å². The van der Waals surface area contributed by atoms with Crippen molar-refractivity contribution in [1.29, 1.82) is 0 Å². The summed E-state index contributed by atoms with van der Waals surface area (Å²) in [4.78, 5) is 28.5. The number of hydrogen-bond acceptors (Lipinski definition) is 5. The number of aliphatic imine (C=N–C) groups is 1. The zero-order valence-electron chi connectivity index (χ0n) is 20.1. The van der Waals surface area contributed by atoms with Gasteiger partial charge in [0.05, 0.1) is 6.20 Å². The Labute approximate surface area is 183 Å². The Morgan fingerprint density at radius 1 is 1.00 bits per heavy atom. The summed E-state index contributed by atoms with van der Waals surface area (Å²) in [5.74, 6) is 2.32. The van der Waals surface area contributed by atoms with E-state index in [-0.39, 0.29) is 5.78 Å². The SMILES string of the molecule is CC(C)=O.CCCCCCCCC(C)=O.CCc1cnc(CCC2=CN=C(C)C2)o1. The van der Waals surface area contributed by atoms with Gasteiger partial charge in [-0.25, -0.2) is 4.98 Å². The summed E-state index contributed by atoms with van der Waals surface area (Å²) in [5, 5.41) is 0. The number of allylic oxidation sites excluding steroid dienone is 1. The largest absolute Gasteiger partial charge is 0.446 e. The number of carbonyl (C=O) groups excluding carboxylic acids is 2. The van der Waals surface area contributed by atoms with Crippen LogP contribution in [0.2, 0.25) is 0 Å². The number of hydrogen-bond donors (Lipinski definition) is 0. The Kier molecular flexibility index (Phi) is 16.6. The van der Waals surface area contributed by atoms with Crippen molar-refractivity contribution in [3.63, 3.8) is 0 Å². The summed E-state index contributed by atoms with van der Waals surface area (Å²) < 4.78 is 5.54. The first-order valence-electron chi connectivity index (χ1n) is 11.4. The van der Waals surface area contributed by atoms with Crippen LogP contribution in [0.5, 0.6) is 0 Å². The number of Topliss-reactive ketones (excluding diaryl/α,β-unsaturated/α-hetero) is 2. The number of carbonyl (C=O) groups is 2. The van der Waals surface area contributed by atoms with Crippen LogP contribution < -0.4 is 0 Å². The summed E-state index contributed by atoms with van der Waals surface area (Å²) in [6, 6.07) is 0. The Morgan fingerprint density at radius 3 is 2.13 bits per heavy atom. The fourth-order valence-corrected chi connectivity index (χ4v) is 2.82. The number of ketones is 2. The molecule has 0 radical (unpaired) electrons. The molecule has 5 heteroatoms. The second-order valence-electron chi connectivity index (χ2n) is 8.03. The molecule has 2 rings (SSSR count). The number of nitrogens with zero attached hydrogens (tertiary/aromatic N) is 2. The van der Waals surface area contributed by atoms with Gasteiger partial charge in [0.25, 0.3) is 0 Å². The molecule has 0 unspecified atom stereocenters. The maximum absolute atomic E-state index is 10.5. The molecular formula is C25H42N2O3. The molecule has 0 saturated heterocycles. The van der Waals surface area contributed by atoms with Crippen LogP contribution >= 0.6 is 0 Å². The van der Waals surface area contributed by atoms with Gasteiger partial charge in [0.1, 0.15) is 17.3 Å². The maximum atomic E-state index is 10.5. The second kappa shape index (κ2) is 17.8. The summed E-state index contributed by atoms with van der Waals surface area (Å²) >= 11 is 0. The van der Waals surface area contributed by atoms with Crippen LogP contribution in [0.4, 0.5) is 0 Å². The molecule has 0 bridgehead atoms. The van der Waals surface area contributed by atoms with E-state index in [1.807, 2.05) is 12.4 Å². The first-order chi connectivity index (χ1) is 14.3. The van der Waals surface area contributed by atoms with E-state index in [0.29, 0.717) is 5.78 Å². The van der Waals surface area contributed by atoms with E-state index in [9.17, 15) is 9.59 Å². The molecule has 0 aromatic carbocycles. The topological polar surface area (TPSA) is 72.5 Å². The van der Waals surface area contributed by atoms with E-state index in [1.165, 1.54) is 57.2 Å². The predicted molar refractivity (Wildman–Crippen MR) is 125 cm³/mol. The van der Waals surface area contributed by atoms with Gasteiger partial charge in [-0.15, -0.1) is 0 Å². The molecule has 0 aliphatic carbocycles. The lowest BCUT2D eigenvalue weighted by Crippen LogP contribution is -1.91. The molecule has 30 heavy (non-hydrogen) atoms. The van der Waals surface area contributed by atoms with Gasteiger partial charge in [-0.1, -0.05) is 46.0 Å². The Morgan fingerprint density at radius 2 is 1.63 bits per heavy atom. The van der Waals surface area contributed by atoms with Gasteiger partial charge < -0.3 is 14.0 Å². The molecule has 170 valence electrons. The van der Waals surface area contributed by atoms with Crippen molar-refractivity contribution in [2.75, 3.05) is 0 Å². The fraction of sp³-hybridized carbons (Fsp3) is 0.680. The van der Waals surface area contributed by atoms with Gasteiger partial charge >= 0.3 is 0 Å². The van der Waals surface area contributed by atoms with Crippen LogP contribution in [0.3, 0.4) is 0 Å². The van der Waals surface area contributed by atoms with E-state index in [4.69, 9.17) is 4.42 Å². The van der Waals surface area contributed by atoms with Gasteiger partial charge in [0, 0.05) is 37.6 Å². The van der Waals surface area contributed by atoms with Crippen LogP contribution in [-0.2, 0) is 22.4 Å². The minimum atomic E-state index is 0.167. The number of oxazole rings is 1. The van der Waals surface area contributed by atoms with Gasteiger partial charge in [-0.2, -0.15) is 0 Å². The highest BCUT2D eigenvalue weighted by atomic mass is 16.4. The van der Waals surface area contributed by atoms with Crippen molar-refractivity contribution in [3.8, 4) is 0 Å². The van der Waals surface area contributed by atoms with Crippen molar-refractivity contribution < 1.29 is 14.0 Å². The van der Waals surface area contributed by atoms with Gasteiger partial charge in [0.15, 0.2) is 5.89 Å². The molecule has 0 atom stereocenters. The summed E-state index contributed by atoms with van der Waals surface area (Å²) in [6.07, 6.45) is 16.0. The monoisotopic (exact) mass is 418 g/mol. The van der Waals surface area contributed by atoms with Crippen LogP contribution in [-0.4, -0.2) is 22.3 Å². The lowest BCUT2D eigenvalue weighted by atomic mass is 10.1. The standard InChI is InChI=1S/C12H16N2O.C10H20O.C3H6O/c1-3-11-8-14-12(15-11)5-4-10-6-9(2)13-7-10;1-3-4-5-6-7-8-9-10(2)11;1-3(2)4/h7-8H,3-6H2,1-2H3;3-9H2,1-2H3;1-2H3. The Bertz CT molecular complexity index is 668. The minimum absolute atomic E-state index is 0.167. The second-order valence-corrected chi connectivity index (χ2v) is 8.03. The predicted octanol–water partition coefficient (Wildman–Crippen LogP) is 6.84. The van der Waals surface area contributed by atoms with Crippen molar-refractivity contribution >= 4 is 17.3 Å². The maximum Gasteiger partial charge on any atom is 0.194 e. The average Bonchev–Trinajstić information content (AvgIpc) is 3.31. The van der Waals surface area contributed by atoms with E-state index >= 15 is 0 Å². The smallest absolute Gasteiger partial charge is 0.194 e. The Balaban J connectivity index is 0.000000495. The van der Waals surface area contributed by atoms with E-state index in [0.717, 1.165) is 50.2 Å². The van der Waals surface area contributed by atoms with E-state index < -0.39 is 0 Å². The van der Waals surface area contributed by atoms with E-state index in [2.05, 4.69) is 30.7 Å². The fourth-order valence-electron chi connectivity index (χ4n) is 2.82.